The zero-order chi connectivity index (χ0) is 9.97. The molecule has 0 aromatic carbocycles. The van der Waals surface area contributed by atoms with Crippen molar-refractivity contribution in [2.75, 3.05) is 20.1 Å². The van der Waals surface area contributed by atoms with E-state index < -0.39 is 0 Å². The predicted octanol–water partition coefficient (Wildman–Crippen LogP) is 1.86. The first-order valence-corrected chi connectivity index (χ1v) is 6.20. The van der Waals surface area contributed by atoms with Crippen molar-refractivity contribution in [2.45, 2.75) is 51.1 Å². The third-order valence-corrected chi connectivity index (χ3v) is 4.14. The summed E-state index contributed by atoms with van der Waals surface area (Å²) in [5.74, 6) is 0.966. The molecule has 0 radical (unpaired) electrons. The Labute approximate surface area is 88.1 Å². The Morgan fingerprint density at radius 3 is 2.43 bits per heavy atom. The van der Waals surface area contributed by atoms with Crippen LogP contribution in [0.4, 0.5) is 0 Å². The highest BCUT2D eigenvalue weighted by atomic mass is 15.2. The number of nitrogens with zero attached hydrogens (tertiary/aromatic N) is 1. The summed E-state index contributed by atoms with van der Waals surface area (Å²) in [6.07, 6.45) is 7.18. The number of hydrogen-bond acceptors (Lipinski definition) is 2. The second kappa shape index (κ2) is 4.63. The van der Waals surface area contributed by atoms with Gasteiger partial charge >= 0.3 is 0 Å². The molecule has 2 fully saturated rings. The highest BCUT2D eigenvalue weighted by Gasteiger charge is 2.28. The molecule has 1 aliphatic carbocycles. The maximum Gasteiger partial charge on any atom is 0.0345 e. The van der Waals surface area contributed by atoms with Gasteiger partial charge in [0.25, 0.3) is 0 Å². The zero-order valence-electron chi connectivity index (χ0n) is 9.63. The van der Waals surface area contributed by atoms with Gasteiger partial charge in [0.05, 0.1) is 0 Å². The summed E-state index contributed by atoms with van der Waals surface area (Å²) >= 11 is 0. The van der Waals surface area contributed by atoms with Crippen molar-refractivity contribution in [3.05, 3.63) is 0 Å². The monoisotopic (exact) mass is 196 g/mol. The van der Waals surface area contributed by atoms with E-state index in [0.29, 0.717) is 0 Å². The molecule has 2 unspecified atom stereocenters. The fourth-order valence-electron chi connectivity index (χ4n) is 2.73. The molecule has 0 aromatic heterocycles. The Kier molecular flexibility index (Phi) is 3.45. The summed E-state index contributed by atoms with van der Waals surface area (Å²) in [6.45, 7) is 4.83. The summed E-state index contributed by atoms with van der Waals surface area (Å²) < 4.78 is 0. The molecular formula is C12H24N2. The summed E-state index contributed by atoms with van der Waals surface area (Å²) in [4.78, 5) is 2.63. The van der Waals surface area contributed by atoms with Crippen LogP contribution in [0.25, 0.3) is 0 Å². The van der Waals surface area contributed by atoms with Gasteiger partial charge in [-0.1, -0.05) is 19.8 Å². The van der Waals surface area contributed by atoms with Crippen LogP contribution in [-0.2, 0) is 0 Å². The van der Waals surface area contributed by atoms with E-state index >= 15 is 0 Å². The van der Waals surface area contributed by atoms with E-state index in [0.717, 1.165) is 18.0 Å². The first kappa shape index (κ1) is 10.4. The highest BCUT2D eigenvalue weighted by molar-refractivity contribution is 4.87. The van der Waals surface area contributed by atoms with E-state index in [1.807, 2.05) is 0 Å². The molecule has 2 nitrogen and oxygen atoms in total. The van der Waals surface area contributed by atoms with Crippen LogP contribution >= 0.6 is 0 Å². The molecule has 14 heavy (non-hydrogen) atoms. The van der Waals surface area contributed by atoms with Crippen LogP contribution in [-0.4, -0.2) is 37.1 Å². The molecular weight excluding hydrogens is 172 g/mol. The van der Waals surface area contributed by atoms with Gasteiger partial charge in [0.15, 0.2) is 0 Å². The summed E-state index contributed by atoms with van der Waals surface area (Å²) in [5.41, 5.74) is 0. The van der Waals surface area contributed by atoms with Crippen LogP contribution in [0, 0.1) is 5.92 Å². The van der Waals surface area contributed by atoms with E-state index in [9.17, 15) is 0 Å². The molecule has 2 heteroatoms. The van der Waals surface area contributed by atoms with Gasteiger partial charge in [0.1, 0.15) is 0 Å². The molecule has 1 heterocycles. The lowest BCUT2D eigenvalue weighted by Gasteiger charge is -2.40. The lowest BCUT2D eigenvalue weighted by Crippen LogP contribution is -2.58. The molecule has 2 rings (SSSR count). The van der Waals surface area contributed by atoms with Crippen LogP contribution in [0.1, 0.15) is 39.0 Å². The number of nitrogens with one attached hydrogen (secondary N) is 1. The second-order valence-electron chi connectivity index (χ2n) is 5.24. The smallest absolute Gasteiger partial charge is 0.0345 e. The van der Waals surface area contributed by atoms with Crippen molar-refractivity contribution in [1.82, 2.24) is 10.2 Å². The third-order valence-electron chi connectivity index (χ3n) is 4.14. The Morgan fingerprint density at radius 2 is 1.79 bits per heavy atom. The SMILES string of the molecule is CC1CCCC(N(C)C2CNC2)CC1. The van der Waals surface area contributed by atoms with Crippen molar-refractivity contribution < 1.29 is 0 Å². The lowest BCUT2D eigenvalue weighted by atomic mass is 10.0. The van der Waals surface area contributed by atoms with Crippen LogP contribution in [0.3, 0.4) is 0 Å². The van der Waals surface area contributed by atoms with Crippen molar-refractivity contribution in [1.29, 1.82) is 0 Å². The number of likely N-dealkylation sites (N-methyl/N-ethyl adjacent to an activating group) is 1. The summed E-state index contributed by atoms with van der Waals surface area (Å²) in [5, 5.41) is 3.36. The van der Waals surface area contributed by atoms with Gasteiger partial charge in [-0.3, -0.25) is 4.90 Å². The van der Waals surface area contributed by atoms with Gasteiger partial charge in [0, 0.05) is 25.2 Å². The Hall–Kier alpha value is -0.0800. The van der Waals surface area contributed by atoms with Gasteiger partial charge in [-0.25, -0.2) is 0 Å². The zero-order valence-corrected chi connectivity index (χ0v) is 9.63. The van der Waals surface area contributed by atoms with Gasteiger partial charge in [-0.05, 0) is 32.2 Å². The van der Waals surface area contributed by atoms with Crippen molar-refractivity contribution >= 4 is 0 Å². The fourth-order valence-corrected chi connectivity index (χ4v) is 2.73. The van der Waals surface area contributed by atoms with Gasteiger partial charge in [0.2, 0.25) is 0 Å². The molecule has 0 bridgehead atoms. The van der Waals surface area contributed by atoms with Gasteiger partial charge in [-0.15, -0.1) is 0 Å². The van der Waals surface area contributed by atoms with Crippen LogP contribution in [0.2, 0.25) is 0 Å². The van der Waals surface area contributed by atoms with Crippen LogP contribution < -0.4 is 5.32 Å². The largest absolute Gasteiger partial charge is 0.314 e. The molecule has 0 amide bonds. The molecule has 1 saturated heterocycles. The first-order valence-electron chi connectivity index (χ1n) is 6.20. The van der Waals surface area contributed by atoms with Crippen LogP contribution in [0.15, 0.2) is 0 Å². The fraction of sp³-hybridized carbons (Fsp3) is 1.00. The van der Waals surface area contributed by atoms with E-state index in [1.54, 1.807) is 0 Å². The molecule has 1 aliphatic heterocycles. The molecule has 2 atom stereocenters. The van der Waals surface area contributed by atoms with Crippen LogP contribution in [0.5, 0.6) is 0 Å². The minimum absolute atomic E-state index is 0.827. The second-order valence-corrected chi connectivity index (χ2v) is 5.24. The standard InChI is InChI=1S/C12H24N2/c1-10-4-3-5-11(7-6-10)14(2)12-8-13-9-12/h10-13H,3-9H2,1-2H3. The topological polar surface area (TPSA) is 15.3 Å². The maximum absolute atomic E-state index is 3.36. The Bertz CT molecular complexity index is 177. The van der Waals surface area contributed by atoms with E-state index in [1.165, 1.54) is 45.2 Å². The molecule has 0 aromatic rings. The average Bonchev–Trinajstić information content (AvgIpc) is 2.26. The Balaban J connectivity index is 1.83. The minimum Gasteiger partial charge on any atom is -0.314 e. The minimum atomic E-state index is 0.827. The first-order chi connectivity index (χ1) is 6.77. The number of hydrogen-bond donors (Lipinski definition) is 1. The Morgan fingerprint density at radius 1 is 1.00 bits per heavy atom. The quantitative estimate of drug-likeness (QED) is 0.678. The average molecular weight is 196 g/mol. The number of rotatable bonds is 2. The third kappa shape index (κ3) is 2.29. The maximum atomic E-state index is 3.36. The molecule has 1 N–H and O–H groups in total. The van der Waals surface area contributed by atoms with Crippen molar-refractivity contribution in [3.8, 4) is 0 Å². The molecule has 0 spiro atoms. The summed E-state index contributed by atoms with van der Waals surface area (Å²) in [7, 11) is 2.33. The normalized spacial score (nSPS) is 35.4. The van der Waals surface area contributed by atoms with Gasteiger partial charge < -0.3 is 5.32 Å². The summed E-state index contributed by atoms with van der Waals surface area (Å²) in [6, 6.07) is 1.69. The molecule has 82 valence electrons. The lowest BCUT2D eigenvalue weighted by molar-refractivity contribution is 0.116. The van der Waals surface area contributed by atoms with Gasteiger partial charge in [-0.2, -0.15) is 0 Å². The molecule has 2 aliphatic rings. The van der Waals surface area contributed by atoms with Crippen molar-refractivity contribution in [2.24, 2.45) is 5.92 Å². The predicted molar refractivity (Wildman–Crippen MR) is 60.5 cm³/mol. The van der Waals surface area contributed by atoms with E-state index in [2.05, 4.69) is 24.2 Å². The molecule has 1 saturated carbocycles. The van der Waals surface area contributed by atoms with Crippen molar-refractivity contribution in [3.63, 3.8) is 0 Å². The van der Waals surface area contributed by atoms with E-state index in [4.69, 9.17) is 0 Å². The highest BCUT2D eigenvalue weighted by Crippen LogP contribution is 2.26. The van der Waals surface area contributed by atoms with E-state index in [-0.39, 0.29) is 0 Å².